The third-order valence-corrected chi connectivity index (χ3v) is 4.41. The quantitative estimate of drug-likeness (QED) is 0.382. The summed E-state index contributed by atoms with van der Waals surface area (Å²) in [6, 6.07) is 13.4. The van der Waals surface area contributed by atoms with Crippen molar-refractivity contribution in [1.82, 2.24) is 4.98 Å². The maximum Gasteiger partial charge on any atom is 0.335 e. The van der Waals surface area contributed by atoms with Crippen molar-refractivity contribution in [3.8, 4) is 16.3 Å². The van der Waals surface area contributed by atoms with Crippen molar-refractivity contribution < 1.29 is 9.53 Å². The summed E-state index contributed by atoms with van der Waals surface area (Å²) in [7, 11) is 0. The highest BCUT2D eigenvalue weighted by molar-refractivity contribution is 9.10. The van der Waals surface area contributed by atoms with Gasteiger partial charge in [-0.1, -0.05) is 34.6 Å². The van der Waals surface area contributed by atoms with Crippen LogP contribution in [0.3, 0.4) is 0 Å². The molecule has 0 bridgehead atoms. The number of para-hydroxylation sites is 1. The third-order valence-electron chi connectivity index (χ3n) is 2.85. The molecular weight excluding hydrogens is 350 g/mol. The zero-order valence-corrected chi connectivity index (χ0v) is 13.3. The Morgan fingerprint density at radius 1 is 1.29 bits per heavy atom. The van der Waals surface area contributed by atoms with Gasteiger partial charge in [0, 0.05) is 10.5 Å². The van der Waals surface area contributed by atoms with Crippen LogP contribution in [0.25, 0.3) is 20.8 Å². The summed E-state index contributed by atoms with van der Waals surface area (Å²) in [5.41, 5.74) is 1.72. The van der Waals surface area contributed by atoms with Gasteiger partial charge in [0.2, 0.25) is 0 Å². The van der Waals surface area contributed by atoms with Crippen LogP contribution in [0.5, 0.6) is 5.75 Å². The summed E-state index contributed by atoms with van der Waals surface area (Å²) >= 11 is 4.94. The minimum absolute atomic E-state index is 0.466. The van der Waals surface area contributed by atoms with Gasteiger partial charge in [-0.05, 0) is 30.3 Å². The van der Waals surface area contributed by atoms with E-state index in [2.05, 4.69) is 27.5 Å². The molecule has 0 aliphatic heterocycles. The predicted molar refractivity (Wildman–Crippen MR) is 88.6 cm³/mol. The van der Waals surface area contributed by atoms with Crippen molar-refractivity contribution in [3.05, 3.63) is 59.6 Å². The number of ether oxygens (including phenoxy) is 1. The first-order valence-electron chi connectivity index (χ1n) is 6.17. The molecule has 0 aliphatic carbocycles. The number of halogens is 1. The fourth-order valence-corrected chi connectivity index (χ4v) is 3.23. The number of hydrogen-bond acceptors (Lipinski definition) is 4. The molecule has 5 heteroatoms. The number of hydrogen-bond donors (Lipinski definition) is 0. The van der Waals surface area contributed by atoms with Gasteiger partial charge in [0.25, 0.3) is 0 Å². The number of esters is 1. The summed E-state index contributed by atoms with van der Waals surface area (Å²) in [5, 5.41) is 0.815. The Labute approximate surface area is 134 Å². The molecule has 0 radical (unpaired) electrons. The molecule has 0 N–H and O–H groups in total. The van der Waals surface area contributed by atoms with Gasteiger partial charge in [0.15, 0.2) is 0 Å². The van der Waals surface area contributed by atoms with Crippen LogP contribution in [-0.4, -0.2) is 11.0 Å². The summed E-state index contributed by atoms with van der Waals surface area (Å²) < 4.78 is 7.23. The first kappa shape index (κ1) is 14.0. The summed E-state index contributed by atoms with van der Waals surface area (Å²) in [4.78, 5) is 16.1. The standard InChI is InChI=1S/C16H10BrNO2S/c1-2-15(19)20-13-9-10(17)7-8-11(13)16-18-12-5-3-4-6-14(12)21-16/h2-9H,1H2. The Bertz CT molecular complexity index is 808. The van der Waals surface area contributed by atoms with Crippen molar-refractivity contribution in [3.63, 3.8) is 0 Å². The molecule has 0 atom stereocenters. The van der Waals surface area contributed by atoms with Crippen molar-refractivity contribution in [2.45, 2.75) is 0 Å². The van der Waals surface area contributed by atoms with Crippen molar-refractivity contribution in [2.24, 2.45) is 0 Å². The van der Waals surface area contributed by atoms with E-state index < -0.39 is 5.97 Å². The number of benzene rings is 2. The second kappa shape index (κ2) is 5.79. The molecule has 0 unspecified atom stereocenters. The van der Waals surface area contributed by atoms with Gasteiger partial charge < -0.3 is 4.74 Å². The van der Waals surface area contributed by atoms with Crippen LogP contribution < -0.4 is 4.74 Å². The van der Waals surface area contributed by atoms with Gasteiger partial charge in [0.1, 0.15) is 10.8 Å². The van der Waals surface area contributed by atoms with Crippen LogP contribution in [0.15, 0.2) is 59.6 Å². The van der Waals surface area contributed by atoms with Crippen molar-refractivity contribution in [2.75, 3.05) is 0 Å². The zero-order valence-electron chi connectivity index (χ0n) is 10.9. The normalized spacial score (nSPS) is 10.5. The zero-order chi connectivity index (χ0) is 14.8. The largest absolute Gasteiger partial charge is 0.423 e. The van der Waals surface area contributed by atoms with E-state index >= 15 is 0 Å². The first-order valence-corrected chi connectivity index (χ1v) is 7.78. The summed E-state index contributed by atoms with van der Waals surface area (Å²) in [6.07, 6.45) is 1.14. The average Bonchev–Trinajstić information content (AvgIpc) is 2.90. The second-order valence-electron chi connectivity index (χ2n) is 4.25. The molecule has 21 heavy (non-hydrogen) atoms. The molecule has 3 nitrogen and oxygen atoms in total. The second-order valence-corrected chi connectivity index (χ2v) is 6.20. The topological polar surface area (TPSA) is 39.2 Å². The van der Waals surface area contributed by atoms with E-state index in [0.717, 1.165) is 31.3 Å². The third kappa shape index (κ3) is 2.89. The number of aromatic nitrogens is 1. The van der Waals surface area contributed by atoms with Gasteiger partial charge in [0.05, 0.1) is 15.8 Å². The molecule has 1 aromatic heterocycles. The number of rotatable bonds is 3. The lowest BCUT2D eigenvalue weighted by atomic mass is 10.2. The van der Waals surface area contributed by atoms with E-state index in [4.69, 9.17) is 4.74 Å². The summed E-state index contributed by atoms with van der Waals surface area (Å²) in [5.74, 6) is -0.0243. The molecule has 0 aliphatic rings. The van der Waals surface area contributed by atoms with Crippen LogP contribution >= 0.6 is 27.3 Å². The molecule has 3 aromatic rings. The molecule has 3 rings (SSSR count). The van der Waals surface area contributed by atoms with E-state index in [1.54, 1.807) is 17.4 Å². The van der Waals surface area contributed by atoms with E-state index in [0.29, 0.717) is 5.75 Å². The summed E-state index contributed by atoms with van der Waals surface area (Å²) in [6.45, 7) is 3.42. The van der Waals surface area contributed by atoms with Crippen molar-refractivity contribution in [1.29, 1.82) is 0 Å². The van der Waals surface area contributed by atoms with E-state index in [1.165, 1.54) is 0 Å². The molecular formula is C16H10BrNO2S. The number of nitrogens with zero attached hydrogens (tertiary/aromatic N) is 1. The van der Waals surface area contributed by atoms with Gasteiger partial charge in [-0.25, -0.2) is 9.78 Å². The molecule has 104 valence electrons. The molecule has 0 saturated heterocycles. The van der Waals surface area contributed by atoms with Gasteiger partial charge in [-0.3, -0.25) is 0 Å². The minimum Gasteiger partial charge on any atom is -0.423 e. The van der Waals surface area contributed by atoms with Gasteiger partial charge in [-0.15, -0.1) is 11.3 Å². The van der Waals surface area contributed by atoms with Crippen LogP contribution in [0.4, 0.5) is 0 Å². The fraction of sp³-hybridized carbons (Fsp3) is 0. The molecule has 0 fully saturated rings. The lowest BCUT2D eigenvalue weighted by molar-refractivity contribution is -0.128. The average molecular weight is 360 g/mol. The Morgan fingerprint density at radius 2 is 2.10 bits per heavy atom. The molecule has 2 aromatic carbocycles. The fourth-order valence-electron chi connectivity index (χ4n) is 1.89. The highest BCUT2D eigenvalue weighted by Crippen LogP contribution is 2.37. The van der Waals surface area contributed by atoms with Gasteiger partial charge in [-0.2, -0.15) is 0 Å². The Kier molecular flexibility index (Phi) is 3.86. The molecule has 0 saturated carbocycles. The number of carbonyl (C=O) groups is 1. The van der Waals surface area contributed by atoms with E-state index in [9.17, 15) is 4.79 Å². The SMILES string of the molecule is C=CC(=O)Oc1cc(Br)ccc1-c1nc2ccccc2s1. The number of carbonyl (C=O) groups excluding carboxylic acids is 1. The van der Waals surface area contributed by atoms with E-state index in [1.807, 2.05) is 36.4 Å². The monoisotopic (exact) mass is 359 g/mol. The number of thiazole rings is 1. The lowest BCUT2D eigenvalue weighted by Crippen LogP contribution is -2.04. The smallest absolute Gasteiger partial charge is 0.335 e. The maximum absolute atomic E-state index is 11.5. The highest BCUT2D eigenvalue weighted by Gasteiger charge is 2.14. The van der Waals surface area contributed by atoms with Crippen LogP contribution in [0.2, 0.25) is 0 Å². The Hall–Kier alpha value is -1.98. The van der Waals surface area contributed by atoms with Crippen LogP contribution in [0.1, 0.15) is 0 Å². The number of fused-ring (bicyclic) bond motifs is 1. The van der Waals surface area contributed by atoms with Crippen LogP contribution in [-0.2, 0) is 4.79 Å². The van der Waals surface area contributed by atoms with Crippen molar-refractivity contribution >= 4 is 43.5 Å². The minimum atomic E-state index is -0.490. The molecule has 0 spiro atoms. The Balaban J connectivity index is 2.12. The van der Waals surface area contributed by atoms with Gasteiger partial charge >= 0.3 is 5.97 Å². The molecule has 1 heterocycles. The predicted octanol–water partition coefficient (Wildman–Crippen LogP) is 4.82. The highest BCUT2D eigenvalue weighted by atomic mass is 79.9. The van der Waals surface area contributed by atoms with E-state index in [-0.39, 0.29) is 0 Å². The lowest BCUT2D eigenvalue weighted by Gasteiger charge is -2.07. The molecule has 0 amide bonds. The Morgan fingerprint density at radius 3 is 2.86 bits per heavy atom. The maximum atomic E-state index is 11.5. The van der Waals surface area contributed by atoms with Crippen LogP contribution in [0, 0.1) is 0 Å². The first-order chi connectivity index (χ1) is 10.2.